The van der Waals surface area contributed by atoms with Crippen molar-refractivity contribution in [3.8, 4) is 11.3 Å². The van der Waals surface area contributed by atoms with E-state index in [-0.39, 0.29) is 0 Å². The molecule has 0 unspecified atom stereocenters. The number of nitrogens with zero attached hydrogens (tertiary/aromatic N) is 3. The third-order valence-corrected chi connectivity index (χ3v) is 1.74. The molecule has 0 saturated carbocycles. The molecule has 2 aromatic rings. The molecular weight excluding hydrogens is 178 g/mol. The molecule has 0 spiro atoms. The van der Waals surface area contributed by atoms with Crippen molar-refractivity contribution in [2.45, 2.75) is 0 Å². The van der Waals surface area contributed by atoms with E-state index < -0.39 is 0 Å². The van der Waals surface area contributed by atoms with E-state index in [4.69, 9.17) is 11.5 Å². The van der Waals surface area contributed by atoms with E-state index in [1.54, 1.807) is 18.5 Å². The number of hydrogen-bond acceptors (Lipinski definition) is 5. The zero-order valence-corrected chi connectivity index (χ0v) is 7.38. The van der Waals surface area contributed by atoms with Gasteiger partial charge in [0.15, 0.2) is 0 Å². The number of aromatic nitrogens is 3. The Morgan fingerprint density at radius 3 is 2.43 bits per heavy atom. The first-order chi connectivity index (χ1) is 6.75. The minimum absolute atomic E-state index is 0.388. The van der Waals surface area contributed by atoms with Crippen LogP contribution in [0.15, 0.2) is 30.7 Å². The molecule has 2 aromatic heterocycles. The summed E-state index contributed by atoms with van der Waals surface area (Å²) in [5.41, 5.74) is 12.5. The molecule has 0 amide bonds. The van der Waals surface area contributed by atoms with Crippen LogP contribution in [0.1, 0.15) is 0 Å². The minimum Gasteiger partial charge on any atom is -0.384 e. The molecule has 0 atom stereocenters. The second-order valence-corrected chi connectivity index (χ2v) is 2.80. The number of nitrogen functional groups attached to an aromatic ring is 2. The average molecular weight is 187 g/mol. The van der Waals surface area contributed by atoms with Crippen LogP contribution in [0.25, 0.3) is 11.3 Å². The van der Waals surface area contributed by atoms with Gasteiger partial charge in [-0.2, -0.15) is 0 Å². The van der Waals surface area contributed by atoms with Crippen molar-refractivity contribution >= 4 is 11.6 Å². The van der Waals surface area contributed by atoms with Gasteiger partial charge in [0.25, 0.3) is 0 Å². The smallest absolute Gasteiger partial charge is 0.142 e. The normalized spacial score (nSPS) is 10.0. The van der Waals surface area contributed by atoms with Gasteiger partial charge in [-0.25, -0.2) is 9.97 Å². The van der Waals surface area contributed by atoms with Crippen LogP contribution in [0, 0.1) is 0 Å². The van der Waals surface area contributed by atoms with Gasteiger partial charge in [0, 0.05) is 11.8 Å². The fraction of sp³-hybridized carbons (Fsp3) is 0. The Kier molecular flexibility index (Phi) is 1.98. The molecule has 2 heterocycles. The highest BCUT2D eigenvalue weighted by Crippen LogP contribution is 2.15. The molecule has 2 rings (SSSR count). The largest absolute Gasteiger partial charge is 0.384 e. The Morgan fingerprint density at radius 1 is 0.929 bits per heavy atom. The predicted molar refractivity (Wildman–Crippen MR) is 54.1 cm³/mol. The third kappa shape index (κ3) is 1.61. The van der Waals surface area contributed by atoms with Crippen LogP contribution in [0.5, 0.6) is 0 Å². The van der Waals surface area contributed by atoms with E-state index in [1.807, 2.05) is 6.07 Å². The Hall–Kier alpha value is -2.17. The molecule has 0 aliphatic carbocycles. The van der Waals surface area contributed by atoms with Crippen molar-refractivity contribution in [3.05, 3.63) is 30.7 Å². The number of hydrogen-bond donors (Lipinski definition) is 2. The minimum atomic E-state index is 0.388. The molecule has 5 heteroatoms. The summed E-state index contributed by atoms with van der Waals surface area (Å²) in [4.78, 5) is 12.0. The lowest BCUT2D eigenvalue weighted by Gasteiger charge is -2.00. The molecule has 70 valence electrons. The van der Waals surface area contributed by atoms with E-state index >= 15 is 0 Å². The highest BCUT2D eigenvalue weighted by molar-refractivity contribution is 5.59. The van der Waals surface area contributed by atoms with Gasteiger partial charge in [-0.3, -0.25) is 4.98 Å². The maximum atomic E-state index is 5.51. The molecule has 0 aliphatic rings. The van der Waals surface area contributed by atoms with Crippen LogP contribution in [0.4, 0.5) is 11.6 Å². The summed E-state index contributed by atoms with van der Waals surface area (Å²) in [6.45, 7) is 0. The zero-order chi connectivity index (χ0) is 9.97. The van der Waals surface area contributed by atoms with Gasteiger partial charge in [0.05, 0.1) is 18.1 Å². The van der Waals surface area contributed by atoms with Gasteiger partial charge in [-0.15, -0.1) is 0 Å². The Balaban J connectivity index is 2.44. The summed E-state index contributed by atoms with van der Waals surface area (Å²) in [6, 6.07) is 3.53. The highest BCUT2D eigenvalue weighted by Gasteiger charge is 2.00. The topological polar surface area (TPSA) is 90.7 Å². The first-order valence-electron chi connectivity index (χ1n) is 4.05. The van der Waals surface area contributed by atoms with Crippen LogP contribution in [-0.2, 0) is 0 Å². The first-order valence-corrected chi connectivity index (χ1v) is 4.05. The van der Waals surface area contributed by atoms with Crippen LogP contribution in [0.2, 0.25) is 0 Å². The van der Waals surface area contributed by atoms with Crippen LogP contribution in [-0.4, -0.2) is 15.0 Å². The fourth-order valence-electron chi connectivity index (χ4n) is 1.08. The third-order valence-electron chi connectivity index (χ3n) is 1.74. The zero-order valence-electron chi connectivity index (χ0n) is 7.38. The lowest BCUT2D eigenvalue weighted by atomic mass is 10.2. The molecule has 0 fully saturated rings. The monoisotopic (exact) mass is 187 g/mol. The maximum Gasteiger partial charge on any atom is 0.142 e. The molecule has 5 nitrogen and oxygen atoms in total. The SMILES string of the molecule is Nc1ccc(-c2cncc(N)n2)cn1. The van der Waals surface area contributed by atoms with Crippen molar-refractivity contribution in [1.29, 1.82) is 0 Å². The van der Waals surface area contributed by atoms with Crippen molar-refractivity contribution in [3.63, 3.8) is 0 Å². The summed E-state index contributed by atoms with van der Waals surface area (Å²) < 4.78 is 0. The van der Waals surface area contributed by atoms with Crippen molar-refractivity contribution in [1.82, 2.24) is 15.0 Å². The van der Waals surface area contributed by atoms with Gasteiger partial charge >= 0.3 is 0 Å². The summed E-state index contributed by atoms with van der Waals surface area (Å²) >= 11 is 0. The van der Waals surface area contributed by atoms with E-state index in [9.17, 15) is 0 Å². The molecule has 0 aliphatic heterocycles. The number of nitrogens with two attached hydrogens (primary N) is 2. The van der Waals surface area contributed by atoms with E-state index in [0.717, 1.165) is 5.56 Å². The fourth-order valence-corrected chi connectivity index (χ4v) is 1.08. The van der Waals surface area contributed by atoms with Gasteiger partial charge in [0.1, 0.15) is 11.6 Å². The molecule has 0 radical (unpaired) electrons. The molecular formula is C9H9N5. The Bertz CT molecular complexity index is 437. The first kappa shape index (κ1) is 8.43. The van der Waals surface area contributed by atoms with Crippen LogP contribution < -0.4 is 11.5 Å². The number of rotatable bonds is 1. The van der Waals surface area contributed by atoms with E-state index in [1.165, 1.54) is 6.20 Å². The highest BCUT2D eigenvalue weighted by atomic mass is 14.9. The second kappa shape index (κ2) is 3.29. The molecule has 4 N–H and O–H groups in total. The molecule has 14 heavy (non-hydrogen) atoms. The Labute approximate surface area is 80.8 Å². The van der Waals surface area contributed by atoms with Crippen LogP contribution in [0.3, 0.4) is 0 Å². The van der Waals surface area contributed by atoms with Crippen LogP contribution >= 0.6 is 0 Å². The number of anilines is 2. The summed E-state index contributed by atoms with van der Waals surface area (Å²) in [5, 5.41) is 0. The predicted octanol–water partition coefficient (Wildman–Crippen LogP) is 0.703. The molecule has 0 saturated heterocycles. The second-order valence-electron chi connectivity index (χ2n) is 2.80. The lowest BCUT2D eigenvalue weighted by Crippen LogP contribution is -1.94. The van der Waals surface area contributed by atoms with Crippen molar-refractivity contribution in [2.75, 3.05) is 11.5 Å². The van der Waals surface area contributed by atoms with E-state index in [0.29, 0.717) is 17.3 Å². The van der Waals surface area contributed by atoms with Gasteiger partial charge < -0.3 is 11.5 Å². The molecule has 0 bridgehead atoms. The van der Waals surface area contributed by atoms with E-state index in [2.05, 4.69) is 15.0 Å². The van der Waals surface area contributed by atoms with Crippen molar-refractivity contribution < 1.29 is 0 Å². The Morgan fingerprint density at radius 2 is 1.79 bits per heavy atom. The van der Waals surface area contributed by atoms with Crippen molar-refractivity contribution in [2.24, 2.45) is 0 Å². The summed E-state index contributed by atoms with van der Waals surface area (Å²) in [7, 11) is 0. The van der Waals surface area contributed by atoms with Gasteiger partial charge in [-0.05, 0) is 12.1 Å². The quantitative estimate of drug-likeness (QED) is 0.685. The summed E-state index contributed by atoms with van der Waals surface area (Å²) in [5.74, 6) is 0.866. The standard InChI is InChI=1S/C9H9N5/c10-8-2-1-6(3-13-8)7-4-12-5-9(11)14-7/h1-5H,(H2,10,13)(H2,11,14). The average Bonchev–Trinajstić information content (AvgIpc) is 2.19. The lowest BCUT2D eigenvalue weighted by molar-refractivity contribution is 1.20. The van der Waals surface area contributed by atoms with Gasteiger partial charge in [0.2, 0.25) is 0 Å². The maximum absolute atomic E-state index is 5.51. The number of pyridine rings is 1. The van der Waals surface area contributed by atoms with Gasteiger partial charge in [-0.1, -0.05) is 0 Å². The summed E-state index contributed by atoms with van der Waals surface area (Å²) in [6.07, 6.45) is 4.76. The molecule has 0 aromatic carbocycles.